The van der Waals surface area contributed by atoms with Crippen LogP contribution in [0, 0.1) is 11.8 Å². The number of likely N-dealkylation sites (N-methyl/N-ethyl adjacent to an activating group) is 1. The fourth-order valence-electron chi connectivity index (χ4n) is 5.86. The smallest absolute Gasteiger partial charge is 0.244 e. The highest BCUT2D eigenvalue weighted by atomic mass is 16.2. The lowest BCUT2D eigenvalue weighted by Gasteiger charge is -2.38. The summed E-state index contributed by atoms with van der Waals surface area (Å²) >= 11 is 0. The van der Waals surface area contributed by atoms with Gasteiger partial charge in [-0.3, -0.25) is 15.8 Å². The van der Waals surface area contributed by atoms with Crippen LogP contribution < -0.4 is 11.1 Å². The van der Waals surface area contributed by atoms with Crippen LogP contribution in [0.3, 0.4) is 0 Å². The van der Waals surface area contributed by atoms with E-state index in [2.05, 4.69) is 17.1 Å². The summed E-state index contributed by atoms with van der Waals surface area (Å²) in [6.45, 7) is 5.88. The molecule has 1 aliphatic carbocycles. The van der Waals surface area contributed by atoms with Crippen LogP contribution in [0.1, 0.15) is 90.4 Å². The molecule has 3 aliphatic rings. The van der Waals surface area contributed by atoms with Gasteiger partial charge in [-0.1, -0.05) is 51.9 Å². The Morgan fingerprint density at radius 1 is 1.11 bits per heavy atom. The molecule has 28 heavy (non-hydrogen) atoms. The number of carbonyl (C=O) groups excluding carboxylic acids is 1. The molecule has 2 saturated heterocycles. The molecule has 0 radical (unpaired) electrons. The topological polar surface area (TPSA) is 61.6 Å². The van der Waals surface area contributed by atoms with E-state index in [1.54, 1.807) is 4.90 Å². The van der Waals surface area contributed by atoms with E-state index in [1.807, 2.05) is 7.05 Å². The van der Waals surface area contributed by atoms with E-state index in [-0.39, 0.29) is 12.2 Å². The van der Waals surface area contributed by atoms with Crippen molar-refractivity contribution >= 4 is 5.91 Å². The Morgan fingerprint density at radius 3 is 2.54 bits per heavy atom. The fraction of sp³-hybridized carbons (Fsp3) is 0.957. The molecule has 3 rings (SSSR count). The third-order valence-electron chi connectivity index (χ3n) is 7.59. The van der Waals surface area contributed by atoms with E-state index < -0.39 is 5.54 Å². The summed E-state index contributed by atoms with van der Waals surface area (Å²) in [6.07, 6.45) is 16.0. The molecule has 0 spiro atoms. The molecule has 2 heterocycles. The van der Waals surface area contributed by atoms with Crippen molar-refractivity contribution < 1.29 is 4.79 Å². The summed E-state index contributed by atoms with van der Waals surface area (Å²) < 4.78 is 0. The normalized spacial score (nSPS) is 33.0. The van der Waals surface area contributed by atoms with Crippen molar-refractivity contribution in [1.29, 1.82) is 0 Å². The minimum atomic E-state index is -0.428. The number of nitrogens with one attached hydrogen (secondary N) is 1. The van der Waals surface area contributed by atoms with Gasteiger partial charge in [0.05, 0.1) is 0 Å². The first kappa shape index (κ1) is 22.0. The Labute approximate surface area is 172 Å². The summed E-state index contributed by atoms with van der Waals surface area (Å²) in [5, 5.41) is 3.56. The lowest BCUT2D eigenvalue weighted by Crippen LogP contribution is -2.52. The van der Waals surface area contributed by atoms with Gasteiger partial charge < -0.3 is 9.80 Å². The number of carbonyl (C=O) groups is 1. The van der Waals surface area contributed by atoms with Crippen LogP contribution in [0.15, 0.2) is 0 Å². The fourth-order valence-corrected chi connectivity index (χ4v) is 5.86. The maximum atomic E-state index is 13.2. The van der Waals surface area contributed by atoms with Gasteiger partial charge in [-0.25, -0.2) is 0 Å². The van der Waals surface area contributed by atoms with Gasteiger partial charge in [0.2, 0.25) is 5.91 Å². The first-order valence-corrected chi connectivity index (χ1v) is 12.1. The molecular weight excluding hydrogens is 348 g/mol. The van der Waals surface area contributed by atoms with Gasteiger partial charge in [0.15, 0.2) is 0 Å². The Kier molecular flexibility index (Phi) is 8.19. The van der Waals surface area contributed by atoms with Gasteiger partial charge in [-0.15, -0.1) is 0 Å². The number of hydrogen-bond acceptors (Lipinski definition) is 4. The molecule has 3 N–H and O–H groups in total. The second-order valence-corrected chi connectivity index (χ2v) is 9.85. The average molecular weight is 393 g/mol. The Hall–Kier alpha value is -0.650. The number of hydrogen-bond donors (Lipinski definition) is 2. The van der Waals surface area contributed by atoms with E-state index in [0.717, 1.165) is 25.3 Å². The molecule has 1 amide bonds. The zero-order valence-corrected chi connectivity index (χ0v) is 18.4. The van der Waals surface area contributed by atoms with E-state index in [4.69, 9.17) is 5.73 Å². The third kappa shape index (κ3) is 5.48. The molecular formula is C23H44N4O. The highest BCUT2D eigenvalue weighted by Gasteiger charge is 2.49. The highest BCUT2D eigenvalue weighted by Crippen LogP contribution is 2.36. The number of nitrogens with zero attached hydrogens (tertiary/aromatic N) is 2. The highest BCUT2D eigenvalue weighted by molar-refractivity contribution is 5.88. The molecule has 5 heteroatoms. The number of amides is 1. The van der Waals surface area contributed by atoms with E-state index in [0.29, 0.717) is 5.92 Å². The van der Waals surface area contributed by atoms with Gasteiger partial charge >= 0.3 is 0 Å². The summed E-state index contributed by atoms with van der Waals surface area (Å²) in [5.41, 5.74) is 5.82. The van der Waals surface area contributed by atoms with Crippen LogP contribution in [0.2, 0.25) is 0 Å². The van der Waals surface area contributed by atoms with Gasteiger partial charge in [0.1, 0.15) is 11.8 Å². The van der Waals surface area contributed by atoms with Crippen molar-refractivity contribution in [3.05, 3.63) is 0 Å². The van der Waals surface area contributed by atoms with Gasteiger partial charge in [-0.2, -0.15) is 0 Å². The maximum Gasteiger partial charge on any atom is 0.244 e. The first-order chi connectivity index (χ1) is 13.5. The monoisotopic (exact) mass is 392 g/mol. The maximum absolute atomic E-state index is 13.2. The van der Waals surface area contributed by atoms with Crippen LogP contribution in [-0.4, -0.2) is 54.2 Å². The summed E-state index contributed by atoms with van der Waals surface area (Å²) in [5.74, 6) is 1.65. The summed E-state index contributed by atoms with van der Waals surface area (Å²) in [6, 6.07) is 0. The average Bonchev–Trinajstić information content (AvgIpc) is 2.92. The lowest BCUT2D eigenvalue weighted by molar-refractivity contribution is -0.133. The van der Waals surface area contributed by atoms with Crippen LogP contribution in [0.5, 0.6) is 0 Å². The molecule has 3 fully saturated rings. The molecule has 0 bridgehead atoms. The predicted molar refractivity (Wildman–Crippen MR) is 116 cm³/mol. The zero-order chi connectivity index (χ0) is 20.0. The van der Waals surface area contributed by atoms with Gasteiger partial charge in [-0.05, 0) is 63.5 Å². The quantitative estimate of drug-likeness (QED) is 0.588. The van der Waals surface area contributed by atoms with Gasteiger partial charge in [0, 0.05) is 13.6 Å². The van der Waals surface area contributed by atoms with E-state index >= 15 is 0 Å². The number of rotatable bonds is 9. The second kappa shape index (κ2) is 10.4. The van der Waals surface area contributed by atoms with Crippen molar-refractivity contribution in [2.45, 2.75) is 102 Å². The Bertz CT molecular complexity index is 493. The van der Waals surface area contributed by atoms with Gasteiger partial charge in [0.25, 0.3) is 0 Å². The van der Waals surface area contributed by atoms with E-state index in [9.17, 15) is 4.79 Å². The second-order valence-electron chi connectivity index (χ2n) is 9.85. The van der Waals surface area contributed by atoms with Crippen molar-refractivity contribution in [3.8, 4) is 0 Å². The number of likely N-dealkylation sites (tertiary alicyclic amines) is 1. The van der Waals surface area contributed by atoms with E-state index in [1.165, 1.54) is 83.7 Å². The number of piperidine rings is 1. The summed E-state index contributed by atoms with van der Waals surface area (Å²) in [4.78, 5) is 17.6. The lowest BCUT2D eigenvalue weighted by atomic mass is 9.77. The minimum Gasteiger partial charge on any atom is -0.316 e. The SMILES string of the molecule is CCCCCN1CCCC(C[C@@]2(CCC3CCCCC3)NC(N)N(C)C2=O)C1. The number of nitrogens with two attached hydrogens (primary N) is 1. The van der Waals surface area contributed by atoms with Crippen molar-refractivity contribution in [3.63, 3.8) is 0 Å². The Balaban J connectivity index is 1.61. The standard InChI is InChI=1S/C23H44N4O/c1-3-4-8-15-27-16-9-12-20(18-27)17-23(21(28)26(2)22(24)25-23)14-13-19-10-6-5-7-11-19/h19-20,22,25H,3-18,24H2,1-2H3/t20?,22?,23-/m1/s1. The molecule has 0 aromatic carbocycles. The molecule has 2 aliphatic heterocycles. The Morgan fingerprint density at radius 2 is 1.86 bits per heavy atom. The summed E-state index contributed by atoms with van der Waals surface area (Å²) in [7, 11) is 1.86. The third-order valence-corrected chi connectivity index (χ3v) is 7.59. The van der Waals surface area contributed by atoms with Crippen molar-refractivity contribution in [2.24, 2.45) is 17.6 Å². The van der Waals surface area contributed by atoms with Crippen molar-refractivity contribution in [2.75, 3.05) is 26.7 Å². The molecule has 5 nitrogen and oxygen atoms in total. The largest absolute Gasteiger partial charge is 0.316 e. The zero-order valence-electron chi connectivity index (χ0n) is 18.4. The number of unbranched alkanes of at least 4 members (excludes halogenated alkanes) is 2. The molecule has 2 unspecified atom stereocenters. The predicted octanol–water partition coefficient (Wildman–Crippen LogP) is 3.68. The van der Waals surface area contributed by atoms with Crippen LogP contribution in [-0.2, 0) is 4.79 Å². The molecule has 0 aromatic rings. The van der Waals surface area contributed by atoms with Crippen LogP contribution in [0.25, 0.3) is 0 Å². The van der Waals surface area contributed by atoms with Crippen LogP contribution >= 0.6 is 0 Å². The molecule has 3 atom stereocenters. The molecule has 162 valence electrons. The van der Waals surface area contributed by atoms with Crippen molar-refractivity contribution in [1.82, 2.24) is 15.1 Å². The molecule has 0 aromatic heterocycles. The van der Waals surface area contributed by atoms with Crippen LogP contribution in [0.4, 0.5) is 0 Å². The molecule has 1 saturated carbocycles. The minimum absolute atomic E-state index is 0.235. The first-order valence-electron chi connectivity index (χ1n) is 12.1.